The van der Waals surface area contributed by atoms with Crippen molar-refractivity contribution in [2.24, 2.45) is 5.92 Å². The van der Waals surface area contributed by atoms with Crippen molar-refractivity contribution in [3.05, 3.63) is 0 Å². The summed E-state index contributed by atoms with van der Waals surface area (Å²) in [5.74, 6) is -0.458. The minimum atomic E-state index is -0.458. The van der Waals surface area contributed by atoms with Gasteiger partial charge in [-0.3, -0.25) is 0 Å². The van der Waals surface area contributed by atoms with Gasteiger partial charge in [-0.05, 0) is 19.2 Å². The molecule has 4 heteroatoms. The topological polar surface area (TPSA) is 63.5 Å². The monoisotopic (exact) mass is 167 g/mol. The van der Waals surface area contributed by atoms with Crippen molar-refractivity contribution < 1.29 is 15.3 Å². The van der Waals surface area contributed by atoms with Crippen LogP contribution < -0.4 is 5.11 Å². The van der Waals surface area contributed by atoms with E-state index in [1.165, 1.54) is 0 Å². The summed E-state index contributed by atoms with van der Waals surface area (Å²) < 4.78 is 0. The van der Waals surface area contributed by atoms with Crippen LogP contribution in [0.1, 0.15) is 0 Å². The molecule has 0 aliphatic heterocycles. The highest BCUT2D eigenvalue weighted by Gasteiger charge is 1.94. The Hall–Kier alpha value is 0.310. The largest absolute Gasteiger partial charge is 0.854 e. The van der Waals surface area contributed by atoms with Gasteiger partial charge in [0, 0.05) is 13.2 Å². The molecule has 0 unspecified atom stereocenters. The molecule has 3 nitrogen and oxygen atoms in total. The minimum absolute atomic E-state index is 0.208. The highest BCUT2D eigenvalue weighted by molar-refractivity contribution is 7.35. The van der Waals surface area contributed by atoms with Gasteiger partial charge in [0.05, 0.1) is 0 Å². The maximum Gasteiger partial charge on any atom is 0.0468 e. The average molecular weight is 167 g/mol. The van der Waals surface area contributed by atoms with Crippen LogP contribution in [0.2, 0.25) is 0 Å². The van der Waals surface area contributed by atoms with Gasteiger partial charge in [0.15, 0.2) is 0 Å². The molecule has 0 aliphatic carbocycles. The third-order valence-corrected chi connectivity index (χ3v) is 0.752. The third kappa shape index (κ3) is 11.2. The molecule has 0 saturated heterocycles. The van der Waals surface area contributed by atoms with Gasteiger partial charge in [-0.2, -0.15) is 0 Å². The highest BCUT2D eigenvalue weighted by atomic mass is 31.1. The molecular weight excluding hydrogens is 151 g/mol. The van der Waals surface area contributed by atoms with Crippen molar-refractivity contribution in [1.29, 1.82) is 0 Å². The van der Waals surface area contributed by atoms with Crippen LogP contribution in [0.3, 0.4) is 0 Å². The molecule has 0 radical (unpaired) electrons. The van der Waals surface area contributed by atoms with Crippen LogP contribution in [-0.4, -0.2) is 43.4 Å². The van der Waals surface area contributed by atoms with Crippen molar-refractivity contribution in [3.63, 3.8) is 0 Å². The number of hydrogen-bond donors (Lipinski definition) is 2. The van der Waals surface area contributed by atoms with E-state index in [1.807, 2.05) is 0 Å². The zero-order chi connectivity index (χ0) is 8.41. The number of hydrogen-bond acceptors (Lipinski definition) is 3. The molecule has 2 N–H and O–H groups in total. The number of rotatable bonds is 3. The van der Waals surface area contributed by atoms with Crippen LogP contribution in [0, 0.1) is 5.92 Å². The molecule has 0 amide bonds. The summed E-state index contributed by atoms with van der Waals surface area (Å²) in [6, 6.07) is 0. The summed E-state index contributed by atoms with van der Waals surface area (Å²) in [4.78, 5) is 0. The van der Waals surface area contributed by atoms with Crippen molar-refractivity contribution >= 4 is 8.58 Å². The first-order chi connectivity index (χ1) is 4.76. The summed E-state index contributed by atoms with van der Waals surface area (Å²) in [7, 11) is 1.08. The van der Waals surface area contributed by atoms with Crippen molar-refractivity contribution in [3.8, 4) is 0 Å². The molecule has 0 aliphatic rings. The lowest BCUT2D eigenvalue weighted by molar-refractivity contribution is -0.381. The molecular formula is C6H16O3P-. The fourth-order valence-corrected chi connectivity index (χ4v) is 0.163. The van der Waals surface area contributed by atoms with Gasteiger partial charge in [0.1, 0.15) is 0 Å². The molecule has 64 valence electrons. The lowest BCUT2D eigenvalue weighted by atomic mass is 10.2. The molecule has 0 saturated carbocycles. The summed E-state index contributed by atoms with van der Waals surface area (Å²) in [5.41, 5.74) is 0. The zero-order valence-corrected chi connectivity index (χ0v) is 7.50. The van der Waals surface area contributed by atoms with Crippen LogP contribution in [0.5, 0.6) is 0 Å². The molecule has 0 bridgehead atoms. The minimum Gasteiger partial charge on any atom is -0.854 e. The van der Waals surface area contributed by atoms with E-state index in [1.54, 1.807) is 0 Å². The molecule has 0 aromatic rings. The average Bonchev–Trinajstić information content (AvgIpc) is 1.93. The van der Waals surface area contributed by atoms with Crippen molar-refractivity contribution in [2.45, 2.75) is 0 Å². The van der Waals surface area contributed by atoms with Crippen LogP contribution in [0.4, 0.5) is 0 Å². The van der Waals surface area contributed by atoms with E-state index in [0.29, 0.717) is 0 Å². The summed E-state index contributed by atoms with van der Waals surface area (Å²) >= 11 is 0. The Morgan fingerprint density at radius 3 is 1.60 bits per heavy atom. The lowest BCUT2D eigenvalue weighted by Crippen LogP contribution is -2.24. The van der Waals surface area contributed by atoms with Gasteiger partial charge in [0.2, 0.25) is 0 Å². The van der Waals surface area contributed by atoms with E-state index in [-0.39, 0.29) is 13.2 Å². The van der Waals surface area contributed by atoms with Crippen LogP contribution in [-0.2, 0) is 0 Å². The van der Waals surface area contributed by atoms with Crippen molar-refractivity contribution in [2.75, 3.05) is 33.2 Å². The Morgan fingerprint density at radius 2 is 1.60 bits per heavy atom. The fourth-order valence-electron chi connectivity index (χ4n) is 0.163. The standard InChI is InChI=1S/C4H9O3.C2H7P/c5-1-4(2-6)3-7;1-3-2/h4-6H,1-3H2;3H,1-2H3/q-1;. The second-order valence-electron chi connectivity index (χ2n) is 1.90. The molecule has 0 rings (SSSR count). The van der Waals surface area contributed by atoms with E-state index >= 15 is 0 Å². The third-order valence-electron chi connectivity index (χ3n) is 0.752. The van der Waals surface area contributed by atoms with E-state index in [9.17, 15) is 5.11 Å². The predicted molar refractivity (Wildman–Crippen MR) is 42.7 cm³/mol. The number of aliphatic hydroxyl groups is 2. The van der Waals surface area contributed by atoms with Gasteiger partial charge in [0.25, 0.3) is 0 Å². The first-order valence-corrected chi connectivity index (χ1v) is 5.15. The van der Waals surface area contributed by atoms with E-state index < -0.39 is 12.5 Å². The zero-order valence-electron chi connectivity index (χ0n) is 6.50. The Kier molecular flexibility index (Phi) is 15.6. The molecule has 0 atom stereocenters. The van der Waals surface area contributed by atoms with E-state index in [4.69, 9.17) is 10.2 Å². The Morgan fingerprint density at radius 1 is 1.30 bits per heavy atom. The van der Waals surface area contributed by atoms with Gasteiger partial charge in [-0.25, -0.2) is 0 Å². The molecule has 10 heavy (non-hydrogen) atoms. The molecule has 0 aromatic carbocycles. The number of aliphatic hydroxyl groups excluding tert-OH is 2. The Labute approximate surface area is 63.9 Å². The molecule has 0 spiro atoms. The maximum absolute atomic E-state index is 9.77. The first-order valence-electron chi connectivity index (χ1n) is 3.15. The normalized spacial score (nSPS) is 9.00. The van der Waals surface area contributed by atoms with Crippen LogP contribution in [0.15, 0.2) is 0 Å². The van der Waals surface area contributed by atoms with Gasteiger partial charge in [-0.1, -0.05) is 0 Å². The van der Waals surface area contributed by atoms with Crippen molar-refractivity contribution in [1.82, 2.24) is 0 Å². The van der Waals surface area contributed by atoms with Gasteiger partial charge >= 0.3 is 0 Å². The summed E-state index contributed by atoms with van der Waals surface area (Å²) in [6.07, 6.45) is 0. The first kappa shape index (κ1) is 12.9. The maximum atomic E-state index is 9.77. The molecule has 0 aromatic heterocycles. The quantitative estimate of drug-likeness (QED) is 0.523. The Balaban J connectivity index is 0. The lowest BCUT2D eigenvalue weighted by Gasteiger charge is -2.11. The SMILES string of the molecule is CPC.[O-]CC(CO)CO. The fraction of sp³-hybridized carbons (Fsp3) is 1.00. The predicted octanol–water partition coefficient (Wildman–Crippen LogP) is -1.13. The van der Waals surface area contributed by atoms with Gasteiger partial charge in [-0.15, -0.1) is 15.2 Å². The Bertz CT molecular complexity index is 42.7. The van der Waals surface area contributed by atoms with E-state index in [0.717, 1.165) is 8.58 Å². The summed E-state index contributed by atoms with van der Waals surface area (Å²) in [5, 5.41) is 26.1. The molecule has 0 heterocycles. The summed E-state index contributed by atoms with van der Waals surface area (Å²) in [6.45, 7) is 3.49. The van der Waals surface area contributed by atoms with Crippen LogP contribution >= 0.6 is 8.58 Å². The second kappa shape index (κ2) is 12.0. The van der Waals surface area contributed by atoms with Crippen LogP contribution in [0.25, 0.3) is 0 Å². The van der Waals surface area contributed by atoms with E-state index in [2.05, 4.69) is 13.3 Å². The molecule has 0 fully saturated rings. The second-order valence-corrected chi connectivity index (χ2v) is 2.90. The van der Waals surface area contributed by atoms with Gasteiger partial charge < -0.3 is 15.3 Å². The smallest absolute Gasteiger partial charge is 0.0468 e. The highest BCUT2D eigenvalue weighted by Crippen LogP contribution is 1.85.